The minimum Gasteiger partial charge on any atom is -0.359 e. The van der Waals surface area contributed by atoms with E-state index in [1.54, 1.807) is 7.11 Å². The Morgan fingerprint density at radius 1 is 1.17 bits per heavy atom. The van der Waals surface area contributed by atoms with E-state index in [1.807, 2.05) is 0 Å². The lowest BCUT2D eigenvalue weighted by Crippen LogP contribution is -2.42. The van der Waals surface area contributed by atoms with E-state index < -0.39 is 0 Å². The zero-order chi connectivity index (χ0) is 12.8. The summed E-state index contributed by atoms with van der Waals surface area (Å²) in [6.45, 7) is 1.40. The summed E-state index contributed by atoms with van der Waals surface area (Å²) in [4.78, 5) is 0. The highest BCUT2D eigenvalue weighted by Gasteiger charge is 2.32. The molecule has 0 amide bonds. The van der Waals surface area contributed by atoms with Gasteiger partial charge in [0.25, 0.3) is 0 Å². The third-order valence-electron chi connectivity index (χ3n) is 3.65. The van der Waals surface area contributed by atoms with Crippen molar-refractivity contribution in [3.8, 4) is 6.07 Å². The zero-order valence-electron chi connectivity index (χ0n) is 10.8. The summed E-state index contributed by atoms with van der Waals surface area (Å²) < 4.78 is 21.7. The molecule has 0 aromatic rings. The molecule has 0 spiro atoms. The minimum atomic E-state index is -0.118. The summed E-state index contributed by atoms with van der Waals surface area (Å²) in [6, 6.07) is 2.34. The van der Waals surface area contributed by atoms with E-state index >= 15 is 0 Å². The Labute approximate surface area is 108 Å². The van der Waals surface area contributed by atoms with Gasteiger partial charge in [-0.05, 0) is 25.7 Å². The van der Waals surface area contributed by atoms with E-state index in [-0.39, 0.29) is 25.1 Å². The number of methoxy groups -OCH3 is 1. The molecule has 1 saturated carbocycles. The van der Waals surface area contributed by atoms with Crippen molar-refractivity contribution < 1.29 is 18.9 Å². The van der Waals surface area contributed by atoms with Crippen molar-refractivity contribution >= 4 is 0 Å². The Hall–Kier alpha value is -0.670. The lowest BCUT2D eigenvalue weighted by atomic mass is 9.82. The standard InChI is InChI=1S/C13H21NO4/c1-15-9-18-12-7-16-13(17-8-12)11-4-2-10(6-14)3-5-11/h10-13H,2-5,7-9H2,1H3. The van der Waals surface area contributed by atoms with Gasteiger partial charge in [0.15, 0.2) is 6.29 Å². The molecule has 102 valence electrons. The fourth-order valence-corrected chi connectivity index (χ4v) is 2.55. The molecule has 5 heteroatoms. The highest BCUT2D eigenvalue weighted by Crippen LogP contribution is 2.33. The lowest BCUT2D eigenvalue weighted by molar-refractivity contribution is -0.258. The zero-order valence-corrected chi connectivity index (χ0v) is 10.8. The SMILES string of the molecule is COCOC1COC(C2CCC(C#N)CC2)OC1. The molecule has 1 aliphatic heterocycles. The molecule has 0 aromatic heterocycles. The monoisotopic (exact) mass is 255 g/mol. The molecule has 18 heavy (non-hydrogen) atoms. The Kier molecular flexibility index (Phi) is 5.39. The summed E-state index contributed by atoms with van der Waals surface area (Å²) in [6.07, 6.45) is 3.82. The lowest BCUT2D eigenvalue weighted by Gasteiger charge is -2.36. The van der Waals surface area contributed by atoms with Crippen LogP contribution < -0.4 is 0 Å². The van der Waals surface area contributed by atoms with Gasteiger partial charge in [-0.1, -0.05) is 0 Å². The molecular formula is C13H21NO4. The van der Waals surface area contributed by atoms with Gasteiger partial charge in [-0.3, -0.25) is 0 Å². The van der Waals surface area contributed by atoms with Crippen molar-refractivity contribution in [3.05, 3.63) is 0 Å². The average Bonchev–Trinajstić information content (AvgIpc) is 2.46. The fourth-order valence-electron chi connectivity index (χ4n) is 2.55. The predicted octanol–water partition coefficient (Wildman–Crippen LogP) is 1.68. The van der Waals surface area contributed by atoms with Crippen LogP contribution in [0.2, 0.25) is 0 Å². The number of rotatable bonds is 4. The molecule has 0 unspecified atom stereocenters. The van der Waals surface area contributed by atoms with E-state index in [1.165, 1.54) is 0 Å². The van der Waals surface area contributed by atoms with Crippen LogP contribution in [0.5, 0.6) is 0 Å². The van der Waals surface area contributed by atoms with Crippen molar-refractivity contribution in [2.24, 2.45) is 11.8 Å². The third kappa shape index (κ3) is 3.66. The number of ether oxygens (including phenoxy) is 4. The molecule has 1 saturated heterocycles. The molecule has 1 heterocycles. The maximum atomic E-state index is 8.86. The van der Waals surface area contributed by atoms with Gasteiger partial charge in [0.05, 0.1) is 19.3 Å². The number of hydrogen-bond acceptors (Lipinski definition) is 5. The highest BCUT2D eigenvalue weighted by molar-refractivity contribution is 4.88. The maximum Gasteiger partial charge on any atom is 0.160 e. The second-order valence-corrected chi connectivity index (χ2v) is 4.97. The molecule has 1 aliphatic carbocycles. The highest BCUT2D eigenvalue weighted by atomic mass is 16.7. The average molecular weight is 255 g/mol. The first-order chi connectivity index (χ1) is 8.83. The molecular weight excluding hydrogens is 234 g/mol. The fraction of sp³-hybridized carbons (Fsp3) is 0.923. The van der Waals surface area contributed by atoms with Crippen molar-refractivity contribution in [1.29, 1.82) is 5.26 Å². The number of hydrogen-bond donors (Lipinski definition) is 0. The maximum absolute atomic E-state index is 8.86. The predicted molar refractivity (Wildman–Crippen MR) is 63.5 cm³/mol. The molecule has 2 rings (SSSR count). The van der Waals surface area contributed by atoms with Gasteiger partial charge in [0.2, 0.25) is 0 Å². The van der Waals surface area contributed by atoms with Crippen molar-refractivity contribution in [2.45, 2.75) is 38.1 Å². The summed E-state index contributed by atoms with van der Waals surface area (Å²) in [7, 11) is 1.60. The molecule has 2 aliphatic rings. The van der Waals surface area contributed by atoms with Gasteiger partial charge in [0.1, 0.15) is 12.9 Å². The first kappa shape index (κ1) is 13.8. The molecule has 5 nitrogen and oxygen atoms in total. The quantitative estimate of drug-likeness (QED) is 0.715. The van der Waals surface area contributed by atoms with E-state index in [9.17, 15) is 0 Å². The van der Waals surface area contributed by atoms with E-state index in [0.717, 1.165) is 25.7 Å². The summed E-state index contributed by atoms with van der Waals surface area (Å²) in [5, 5.41) is 8.86. The Balaban J connectivity index is 1.69. The number of nitrogens with zero attached hydrogens (tertiary/aromatic N) is 1. The molecule has 0 aromatic carbocycles. The second-order valence-electron chi connectivity index (χ2n) is 4.97. The van der Waals surface area contributed by atoms with E-state index in [2.05, 4.69) is 6.07 Å². The molecule has 2 fully saturated rings. The third-order valence-corrected chi connectivity index (χ3v) is 3.65. The van der Waals surface area contributed by atoms with Crippen LogP contribution in [-0.2, 0) is 18.9 Å². The Morgan fingerprint density at radius 3 is 2.39 bits per heavy atom. The van der Waals surface area contributed by atoms with Crippen molar-refractivity contribution in [3.63, 3.8) is 0 Å². The number of nitriles is 1. The topological polar surface area (TPSA) is 60.7 Å². The van der Waals surface area contributed by atoms with Crippen LogP contribution in [0.3, 0.4) is 0 Å². The van der Waals surface area contributed by atoms with E-state index in [0.29, 0.717) is 19.1 Å². The van der Waals surface area contributed by atoms with Crippen LogP contribution in [0.1, 0.15) is 25.7 Å². The smallest absolute Gasteiger partial charge is 0.160 e. The molecule has 0 radical (unpaired) electrons. The van der Waals surface area contributed by atoms with Gasteiger partial charge >= 0.3 is 0 Å². The molecule has 0 bridgehead atoms. The van der Waals surface area contributed by atoms with Crippen LogP contribution >= 0.6 is 0 Å². The van der Waals surface area contributed by atoms with Crippen LogP contribution in [0.15, 0.2) is 0 Å². The van der Waals surface area contributed by atoms with Gasteiger partial charge in [0, 0.05) is 18.9 Å². The second kappa shape index (κ2) is 7.05. The van der Waals surface area contributed by atoms with Crippen LogP contribution in [0, 0.1) is 23.2 Å². The van der Waals surface area contributed by atoms with Gasteiger partial charge in [-0.25, -0.2) is 0 Å². The molecule has 0 N–H and O–H groups in total. The van der Waals surface area contributed by atoms with Crippen molar-refractivity contribution in [1.82, 2.24) is 0 Å². The van der Waals surface area contributed by atoms with Crippen LogP contribution in [0.25, 0.3) is 0 Å². The largest absolute Gasteiger partial charge is 0.359 e. The summed E-state index contributed by atoms with van der Waals surface area (Å²) >= 11 is 0. The summed E-state index contributed by atoms with van der Waals surface area (Å²) in [5.74, 6) is 0.653. The van der Waals surface area contributed by atoms with Gasteiger partial charge in [-0.15, -0.1) is 0 Å². The van der Waals surface area contributed by atoms with Crippen molar-refractivity contribution in [2.75, 3.05) is 27.1 Å². The summed E-state index contributed by atoms with van der Waals surface area (Å²) in [5.41, 5.74) is 0. The van der Waals surface area contributed by atoms with Crippen LogP contribution in [0.4, 0.5) is 0 Å². The minimum absolute atomic E-state index is 0.0309. The van der Waals surface area contributed by atoms with E-state index in [4.69, 9.17) is 24.2 Å². The Bertz CT molecular complexity index is 275. The first-order valence-corrected chi connectivity index (χ1v) is 6.57. The normalized spacial score (nSPS) is 37.1. The first-order valence-electron chi connectivity index (χ1n) is 6.57. The molecule has 0 atom stereocenters. The Morgan fingerprint density at radius 2 is 1.83 bits per heavy atom. The van der Waals surface area contributed by atoms with Gasteiger partial charge < -0.3 is 18.9 Å². The van der Waals surface area contributed by atoms with Gasteiger partial charge in [-0.2, -0.15) is 5.26 Å². The van der Waals surface area contributed by atoms with Crippen LogP contribution in [-0.4, -0.2) is 39.5 Å².